The van der Waals surface area contributed by atoms with Crippen molar-refractivity contribution in [1.29, 1.82) is 5.26 Å². The number of benzene rings is 1. The van der Waals surface area contributed by atoms with Crippen LogP contribution in [0.15, 0.2) is 24.3 Å². The lowest BCUT2D eigenvalue weighted by Crippen LogP contribution is -2.38. The Bertz CT molecular complexity index is 373. The molecule has 0 bridgehead atoms. The lowest BCUT2D eigenvalue weighted by atomic mass is 10.2. The third-order valence-electron chi connectivity index (χ3n) is 2.33. The fourth-order valence-electron chi connectivity index (χ4n) is 1.53. The van der Waals surface area contributed by atoms with E-state index in [4.69, 9.17) is 5.26 Å². The number of nitrogens with zero attached hydrogens (tertiary/aromatic N) is 2. The van der Waals surface area contributed by atoms with E-state index in [1.807, 2.05) is 6.92 Å². The summed E-state index contributed by atoms with van der Waals surface area (Å²) in [6.07, 6.45) is 0. The van der Waals surface area contributed by atoms with Gasteiger partial charge in [0, 0.05) is 13.6 Å². The van der Waals surface area contributed by atoms with Crippen molar-refractivity contribution in [2.75, 3.05) is 25.0 Å². The lowest BCUT2D eigenvalue weighted by Gasteiger charge is -2.22. The summed E-state index contributed by atoms with van der Waals surface area (Å²) < 4.78 is 13.4. The van der Waals surface area contributed by atoms with Crippen molar-refractivity contribution in [2.24, 2.45) is 0 Å². The summed E-state index contributed by atoms with van der Waals surface area (Å²) in [6, 6.07) is 8.42. The first-order valence-corrected chi connectivity index (χ1v) is 5.27. The van der Waals surface area contributed by atoms with Crippen LogP contribution in [0.25, 0.3) is 0 Å². The second-order valence-corrected chi connectivity index (χ2v) is 3.57. The quantitative estimate of drug-likeness (QED) is 0.823. The highest BCUT2D eigenvalue weighted by atomic mass is 19.1. The van der Waals surface area contributed by atoms with Crippen LogP contribution >= 0.6 is 0 Å². The molecule has 16 heavy (non-hydrogen) atoms. The Labute approximate surface area is 95.5 Å². The van der Waals surface area contributed by atoms with E-state index in [1.165, 1.54) is 6.07 Å². The molecule has 0 radical (unpaired) electrons. The average Bonchev–Trinajstić information content (AvgIpc) is 2.28. The van der Waals surface area contributed by atoms with Gasteiger partial charge in [-0.3, -0.25) is 0 Å². The molecule has 0 aliphatic carbocycles. The first kappa shape index (κ1) is 12.5. The summed E-state index contributed by atoms with van der Waals surface area (Å²) in [7, 11) is 1.78. The molecule has 4 heteroatoms. The van der Waals surface area contributed by atoms with Gasteiger partial charge >= 0.3 is 0 Å². The molecule has 0 saturated carbocycles. The van der Waals surface area contributed by atoms with Gasteiger partial charge < -0.3 is 10.2 Å². The monoisotopic (exact) mass is 221 g/mol. The Kier molecular flexibility index (Phi) is 4.74. The summed E-state index contributed by atoms with van der Waals surface area (Å²) in [5.74, 6) is -0.266. The number of hydrogen-bond donors (Lipinski definition) is 1. The number of rotatable bonds is 5. The van der Waals surface area contributed by atoms with Crippen molar-refractivity contribution in [2.45, 2.75) is 13.0 Å². The molecule has 1 unspecified atom stereocenters. The summed E-state index contributed by atoms with van der Waals surface area (Å²) in [5.41, 5.74) is 0.514. The van der Waals surface area contributed by atoms with Crippen LogP contribution in [-0.4, -0.2) is 26.2 Å². The van der Waals surface area contributed by atoms with E-state index >= 15 is 0 Å². The molecule has 0 saturated heterocycles. The molecule has 0 heterocycles. The predicted molar refractivity (Wildman–Crippen MR) is 62.7 cm³/mol. The number of halogens is 1. The SMILES string of the molecule is CCNC(C#N)CN(C)c1ccccc1F. The molecular weight excluding hydrogens is 205 g/mol. The minimum Gasteiger partial charge on any atom is -0.370 e. The van der Waals surface area contributed by atoms with Crippen LogP contribution in [0, 0.1) is 17.1 Å². The maximum absolute atomic E-state index is 13.4. The minimum absolute atomic E-state index is 0.266. The van der Waals surface area contributed by atoms with E-state index < -0.39 is 0 Å². The summed E-state index contributed by atoms with van der Waals surface area (Å²) in [6.45, 7) is 3.13. The molecule has 1 atom stereocenters. The highest BCUT2D eigenvalue weighted by Crippen LogP contribution is 2.16. The van der Waals surface area contributed by atoms with Gasteiger partial charge in [-0.1, -0.05) is 19.1 Å². The first-order chi connectivity index (χ1) is 7.69. The van der Waals surface area contributed by atoms with Crippen molar-refractivity contribution in [3.05, 3.63) is 30.1 Å². The third-order valence-corrected chi connectivity index (χ3v) is 2.33. The zero-order valence-corrected chi connectivity index (χ0v) is 9.57. The topological polar surface area (TPSA) is 39.1 Å². The molecule has 1 rings (SSSR count). The molecule has 0 aliphatic heterocycles. The molecule has 3 nitrogen and oxygen atoms in total. The number of para-hydroxylation sites is 1. The van der Waals surface area contributed by atoms with Crippen LogP contribution in [0.2, 0.25) is 0 Å². The largest absolute Gasteiger partial charge is 0.370 e. The number of likely N-dealkylation sites (N-methyl/N-ethyl adjacent to an activating group) is 2. The molecule has 1 N–H and O–H groups in total. The van der Waals surface area contributed by atoms with Crippen LogP contribution in [-0.2, 0) is 0 Å². The second-order valence-electron chi connectivity index (χ2n) is 3.57. The van der Waals surface area contributed by atoms with Gasteiger partial charge in [-0.2, -0.15) is 5.26 Å². The van der Waals surface area contributed by atoms with Crippen molar-refractivity contribution < 1.29 is 4.39 Å². The molecule has 0 spiro atoms. The third kappa shape index (κ3) is 3.21. The zero-order chi connectivity index (χ0) is 12.0. The van der Waals surface area contributed by atoms with Crippen LogP contribution in [0.1, 0.15) is 6.92 Å². The Hall–Kier alpha value is -1.60. The standard InChI is InChI=1S/C12H16FN3/c1-3-15-10(8-14)9-16(2)12-7-5-4-6-11(12)13/h4-7,10,15H,3,9H2,1-2H3. The highest BCUT2D eigenvalue weighted by molar-refractivity contribution is 5.47. The number of anilines is 1. The highest BCUT2D eigenvalue weighted by Gasteiger charge is 2.12. The molecular formula is C12H16FN3. The molecule has 0 fully saturated rings. The normalized spacial score (nSPS) is 11.9. The summed E-state index contributed by atoms with van der Waals surface area (Å²) in [5, 5.41) is 11.9. The molecule has 0 amide bonds. The van der Waals surface area contributed by atoms with Gasteiger partial charge in [0.2, 0.25) is 0 Å². The van der Waals surface area contributed by atoms with Crippen molar-refractivity contribution in [1.82, 2.24) is 5.32 Å². The fourth-order valence-corrected chi connectivity index (χ4v) is 1.53. The van der Waals surface area contributed by atoms with E-state index in [2.05, 4.69) is 11.4 Å². The van der Waals surface area contributed by atoms with Crippen LogP contribution in [0.5, 0.6) is 0 Å². The number of nitriles is 1. The van der Waals surface area contributed by atoms with Gasteiger partial charge in [0.1, 0.15) is 11.9 Å². The van der Waals surface area contributed by atoms with E-state index in [0.717, 1.165) is 6.54 Å². The smallest absolute Gasteiger partial charge is 0.146 e. The van der Waals surface area contributed by atoms with Gasteiger partial charge in [-0.15, -0.1) is 0 Å². The molecule has 1 aromatic rings. The van der Waals surface area contributed by atoms with Crippen LogP contribution < -0.4 is 10.2 Å². The summed E-state index contributed by atoms with van der Waals surface area (Å²) >= 11 is 0. The van der Waals surface area contributed by atoms with Gasteiger partial charge in [-0.05, 0) is 18.7 Å². The van der Waals surface area contributed by atoms with E-state index in [9.17, 15) is 4.39 Å². The average molecular weight is 221 g/mol. The Morgan fingerprint density at radius 3 is 2.75 bits per heavy atom. The Balaban J connectivity index is 2.68. The van der Waals surface area contributed by atoms with Crippen molar-refractivity contribution in [3.63, 3.8) is 0 Å². The molecule has 0 aromatic heterocycles. The number of hydrogen-bond acceptors (Lipinski definition) is 3. The Morgan fingerprint density at radius 1 is 1.50 bits per heavy atom. The molecule has 86 valence electrons. The zero-order valence-electron chi connectivity index (χ0n) is 9.57. The lowest BCUT2D eigenvalue weighted by molar-refractivity contribution is 0.596. The first-order valence-electron chi connectivity index (χ1n) is 5.27. The van der Waals surface area contributed by atoms with E-state index in [0.29, 0.717) is 12.2 Å². The maximum atomic E-state index is 13.4. The predicted octanol–water partition coefficient (Wildman–Crippen LogP) is 1.76. The van der Waals surface area contributed by atoms with E-state index in [-0.39, 0.29) is 11.9 Å². The number of nitrogens with one attached hydrogen (secondary N) is 1. The fraction of sp³-hybridized carbons (Fsp3) is 0.417. The minimum atomic E-state index is -0.283. The van der Waals surface area contributed by atoms with Gasteiger partial charge in [0.15, 0.2) is 0 Å². The van der Waals surface area contributed by atoms with Crippen molar-refractivity contribution >= 4 is 5.69 Å². The Morgan fingerprint density at radius 2 is 2.19 bits per heavy atom. The van der Waals surface area contributed by atoms with Crippen molar-refractivity contribution in [3.8, 4) is 6.07 Å². The van der Waals surface area contributed by atoms with Gasteiger partial charge in [0.25, 0.3) is 0 Å². The van der Waals surface area contributed by atoms with Crippen LogP contribution in [0.3, 0.4) is 0 Å². The van der Waals surface area contributed by atoms with Crippen LogP contribution in [0.4, 0.5) is 10.1 Å². The molecule has 1 aromatic carbocycles. The summed E-state index contributed by atoms with van der Waals surface area (Å²) in [4.78, 5) is 1.74. The van der Waals surface area contributed by atoms with Gasteiger partial charge in [0.05, 0.1) is 11.8 Å². The second kappa shape index (κ2) is 6.09. The van der Waals surface area contributed by atoms with E-state index in [1.54, 1.807) is 30.1 Å². The molecule has 0 aliphatic rings. The van der Waals surface area contributed by atoms with Gasteiger partial charge in [-0.25, -0.2) is 4.39 Å². The maximum Gasteiger partial charge on any atom is 0.146 e.